The smallest absolute Gasteiger partial charge is 0.330 e. The number of ether oxygens (including phenoxy) is 1. The Morgan fingerprint density at radius 2 is 1.26 bits per heavy atom. The van der Waals surface area contributed by atoms with Crippen molar-refractivity contribution < 1.29 is 9.53 Å². The number of unbranched alkanes of at least 4 members (excludes halogenated alkanes) is 12. The largest absolute Gasteiger partial charge is 0.463 e. The maximum Gasteiger partial charge on any atom is 0.330 e. The van der Waals surface area contributed by atoms with Gasteiger partial charge in [-0.15, -0.1) is 0 Å². The highest BCUT2D eigenvalue weighted by Gasteiger charge is 1.95. The lowest BCUT2D eigenvalue weighted by Gasteiger charge is -2.01. The fourth-order valence-corrected chi connectivity index (χ4v) is 2.58. The van der Waals surface area contributed by atoms with Gasteiger partial charge in [0.15, 0.2) is 0 Å². The maximum atomic E-state index is 10.8. The van der Waals surface area contributed by atoms with Gasteiger partial charge in [0, 0.05) is 6.08 Å². The van der Waals surface area contributed by atoms with Crippen molar-refractivity contribution in [3.8, 4) is 0 Å². The van der Waals surface area contributed by atoms with Crippen molar-refractivity contribution in [1.29, 1.82) is 0 Å². The Kier molecular flexibility index (Phi) is 18.1. The molecule has 0 saturated carbocycles. The molecule has 23 heavy (non-hydrogen) atoms. The van der Waals surface area contributed by atoms with Crippen LogP contribution in [0.1, 0.15) is 96.8 Å². The van der Waals surface area contributed by atoms with E-state index in [0.717, 1.165) is 12.8 Å². The average Bonchev–Trinajstić information content (AvgIpc) is 2.57. The van der Waals surface area contributed by atoms with Crippen LogP contribution in [-0.4, -0.2) is 12.6 Å². The number of carbonyl (C=O) groups excluding carboxylic acids is 1. The molecule has 0 aliphatic rings. The Morgan fingerprint density at radius 1 is 0.783 bits per heavy atom. The molecule has 0 aromatic heterocycles. The molecule has 0 N–H and O–H groups in total. The minimum Gasteiger partial charge on any atom is -0.463 e. The molecule has 0 saturated heterocycles. The molecule has 0 fully saturated rings. The topological polar surface area (TPSA) is 26.3 Å². The van der Waals surface area contributed by atoms with Gasteiger partial charge in [-0.05, 0) is 32.1 Å². The molecule has 0 aliphatic carbocycles. The van der Waals surface area contributed by atoms with Gasteiger partial charge in [-0.3, -0.25) is 0 Å². The second kappa shape index (κ2) is 19.0. The van der Waals surface area contributed by atoms with Crippen LogP contribution < -0.4 is 0 Å². The highest BCUT2D eigenvalue weighted by Crippen LogP contribution is 2.10. The number of allylic oxidation sites excluding steroid dienone is 2. The molecule has 0 atom stereocenters. The van der Waals surface area contributed by atoms with Crippen molar-refractivity contribution in [2.24, 2.45) is 0 Å². The Labute approximate surface area is 144 Å². The summed E-state index contributed by atoms with van der Waals surface area (Å²) in [5.74, 6) is -0.311. The Morgan fingerprint density at radius 3 is 1.78 bits per heavy atom. The van der Waals surface area contributed by atoms with Crippen LogP contribution >= 0.6 is 0 Å². The van der Waals surface area contributed by atoms with Crippen LogP contribution in [-0.2, 0) is 9.53 Å². The zero-order valence-electron chi connectivity index (χ0n) is 15.4. The van der Waals surface area contributed by atoms with E-state index in [2.05, 4.69) is 25.7 Å². The predicted molar refractivity (Wildman–Crippen MR) is 101 cm³/mol. The summed E-state index contributed by atoms with van der Waals surface area (Å²) in [5, 5.41) is 0. The van der Waals surface area contributed by atoms with E-state index in [9.17, 15) is 4.79 Å². The Bertz CT molecular complexity index is 294. The molecule has 0 spiro atoms. The zero-order valence-corrected chi connectivity index (χ0v) is 15.4. The maximum absolute atomic E-state index is 10.8. The van der Waals surface area contributed by atoms with Crippen LogP contribution in [0.3, 0.4) is 0 Å². The molecule has 134 valence electrons. The fraction of sp³-hybridized carbons (Fsp3) is 0.762. The molecular formula is C21H38O2. The van der Waals surface area contributed by atoms with E-state index < -0.39 is 0 Å². The SMILES string of the molecule is C=CC(=O)OCCCCCC/C=C/CCCCCCCCCC. The van der Waals surface area contributed by atoms with Crippen molar-refractivity contribution in [2.45, 2.75) is 96.8 Å². The number of rotatable bonds is 17. The van der Waals surface area contributed by atoms with Gasteiger partial charge in [-0.1, -0.05) is 83.4 Å². The quantitative estimate of drug-likeness (QED) is 0.128. The summed E-state index contributed by atoms with van der Waals surface area (Å²) in [6.07, 6.45) is 24.0. The molecule has 0 heterocycles. The summed E-state index contributed by atoms with van der Waals surface area (Å²) < 4.78 is 4.94. The first kappa shape index (κ1) is 21.9. The number of hydrogen-bond acceptors (Lipinski definition) is 2. The molecular weight excluding hydrogens is 284 g/mol. The first-order valence-corrected chi connectivity index (χ1v) is 9.75. The second-order valence-electron chi connectivity index (χ2n) is 6.31. The summed E-state index contributed by atoms with van der Waals surface area (Å²) in [4.78, 5) is 10.8. The highest BCUT2D eigenvalue weighted by molar-refractivity contribution is 5.81. The predicted octanol–water partition coefficient (Wildman–Crippen LogP) is 6.75. The summed E-state index contributed by atoms with van der Waals surface area (Å²) in [7, 11) is 0. The minimum absolute atomic E-state index is 0.311. The van der Waals surface area contributed by atoms with Crippen LogP contribution in [0.15, 0.2) is 24.8 Å². The van der Waals surface area contributed by atoms with Crippen LogP contribution in [0, 0.1) is 0 Å². The normalized spacial score (nSPS) is 11.0. The first-order valence-electron chi connectivity index (χ1n) is 9.75. The molecule has 0 unspecified atom stereocenters. The van der Waals surface area contributed by atoms with Crippen molar-refractivity contribution in [2.75, 3.05) is 6.61 Å². The summed E-state index contributed by atoms with van der Waals surface area (Å²) >= 11 is 0. The number of carbonyl (C=O) groups is 1. The van der Waals surface area contributed by atoms with Gasteiger partial charge in [0.1, 0.15) is 0 Å². The van der Waals surface area contributed by atoms with E-state index in [1.54, 1.807) is 0 Å². The minimum atomic E-state index is -0.311. The number of hydrogen-bond donors (Lipinski definition) is 0. The third-order valence-corrected chi connectivity index (χ3v) is 4.07. The third-order valence-electron chi connectivity index (χ3n) is 4.07. The molecule has 2 nitrogen and oxygen atoms in total. The molecule has 0 rings (SSSR count). The van der Waals surface area contributed by atoms with Crippen LogP contribution in [0.25, 0.3) is 0 Å². The van der Waals surface area contributed by atoms with Gasteiger partial charge >= 0.3 is 5.97 Å². The van der Waals surface area contributed by atoms with Crippen molar-refractivity contribution >= 4 is 5.97 Å². The Balaban J connectivity index is 3.11. The monoisotopic (exact) mass is 322 g/mol. The van der Waals surface area contributed by atoms with E-state index in [0.29, 0.717) is 6.61 Å². The lowest BCUT2D eigenvalue weighted by Crippen LogP contribution is -2.01. The molecule has 0 aliphatic heterocycles. The fourth-order valence-electron chi connectivity index (χ4n) is 2.58. The summed E-state index contributed by atoms with van der Waals surface area (Å²) in [6.45, 7) is 6.17. The van der Waals surface area contributed by atoms with Crippen molar-refractivity contribution in [3.05, 3.63) is 24.8 Å². The first-order chi connectivity index (χ1) is 11.3. The lowest BCUT2D eigenvalue weighted by atomic mass is 10.1. The van der Waals surface area contributed by atoms with E-state index >= 15 is 0 Å². The lowest BCUT2D eigenvalue weighted by molar-refractivity contribution is -0.137. The van der Waals surface area contributed by atoms with E-state index in [4.69, 9.17) is 4.74 Å². The Hall–Kier alpha value is -1.05. The molecule has 0 aromatic rings. The van der Waals surface area contributed by atoms with Gasteiger partial charge in [-0.2, -0.15) is 0 Å². The average molecular weight is 323 g/mol. The van der Waals surface area contributed by atoms with Crippen LogP contribution in [0.5, 0.6) is 0 Å². The summed E-state index contributed by atoms with van der Waals surface area (Å²) in [6, 6.07) is 0. The zero-order chi connectivity index (χ0) is 17.0. The molecule has 2 heteroatoms. The van der Waals surface area contributed by atoms with Gasteiger partial charge < -0.3 is 4.74 Å². The van der Waals surface area contributed by atoms with Crippen molar-refractivity contribution in [1.82, 2.24) is 0 Å². The van der Waals surface area contributed by atoms with E-state index in [1.807, 2.05) is 0 Å². The van der Waals surface area contributed by atoms with Gasteiger partial charge in [0.25, 0.3) is 0 Å². The second-order valence-corrected chi connectivity index (χ2v) is 6.31. The molecule has 0 radical (unpaired) electrons. The summed E-state index contributed by atoms with van der Waals surface area (Å²) in [5.41, 5.74) is 0. The van der Waals surface area contributed by atoms with E-state index in [-0.39, 0.29) is 5.97 Å². The standard InChI is InChI=1S/C21H38O2/c1-3-5-6-7-8-9-10-11-12-13-14-15-16-17-18-19-20-23-21(22)4-2/h4,13-14H,2-3,5-12,15-20H2,1H3/b14-13+. The third kappa shape index (κ3) is 18.9. The number of esters is 1. The van der Waals surface area contributed by atoms with Crippen LogP contribution in [0.4, 0.5) is 0 Å². The van der Waals surface area contributed by atoms with Gasteiger partial charge in [0.2, 0.25) is 0 Å². The molecule has 0 bridgehead atoms. The van der Waals surface area contributed by atoms with Crippen molar-refractivity contribution in [3.63, 3.8) is 0 Å². The van der Waals surface area contributed by atoms with E-state index in [1.165, 1.54) is 83.1 Å². The van der Waals surface area contributed by atoms with Crippen LogP contribution in [0.2, 0.25) is 0 Å². The molecule has 0 aromatic carbocycles. The van der Waals surface area contributed by atoms with Gasteiger partial charge in [0.05, 0.1) is 6.61 Å². The van der Waals surface area contributed by atoms with Gasteiger partial charge in [-0.25, -0.2) is 4.79 Å². The molecule has 0 amide bonds. The highest BCUT2D eigenvalue weighted by atomic mass is 16.5.